The number of benzene rings is 3. The number of carbonyl (C=O) groups excluding carboxylic acids is 1. The summed E-state index contributed by atoms with van der Waals surface area (Å²) in [5, 5.41) is 4.18. The smallest absolute Gasteiger partial charge is 0.200 e. The summed E-state index contributed by atoms with van der Waals surface area (Å²) in [5.41, 5.74) is 5.62. The Hall–Kier alpha value is -3.40. The SMILES string of the molecule is CC(C)c1cccc(C(C)C)c1CON=CCc1ccc(OCC(=O)c2ccccc2)cc1. The van der Waals surface area contributed by atoms with E-state index in [2.05, 4.69) is 51.0 Å². The van der Waals surface area contributed by atoms with Crippen molar-refractivity contribution in [3.63, 3.8) is 0 Å². The minimum absolute atomic E-state index is 0.0227. The second-order valence-corrected chi connectivity index (χ2v) is 8.71. The van der Waals surface area contributed by atoms with Crippen molar-refractivity contribution in [2.45, 2.75) is 52.6 Å². The number of hydrogen-bond donors (Lipinski definition) is 0. The lowest BCUT2D eigenvalue weighted by Crippen LogP contribution is -2.11. The van der Waals surface area contributed by atoms with Gasteiger partial charge in [-0.3, -0.25) is 4.79 Å². The van der Waals surface area contributed by atoms with E-state index in [1.54, 1.807) is 18.3 Å². The second-order valence-electron chi connectivity index (χ2n) is 8.71. The van der Waals surface area contributed by atoms with Crippen LogP contribution < -0.4 is 4.74 Å². The maximum atomic E-state index is 12.2. The van der Waals surface area contributed by atoms with Crippen molar-refractivity contribution >= 4 is 12.0 Å². The third-order valence-corrected chi connectivity index (χ3v) is 5.57. The Morgan fingerprint density at radius 3 is 2.09 bits per heavy atom. The van der Waals surface area contributed by atoms with Gasteiger partial charge in [-0.25, -0.2) is 0 Å². The lowest BCUT2D eigenvalue weighted by Gasteiger charge is -2.18. The average Bonchev–Trinajstić information content (AvgIpc) is 2.83. The van der Waals surface area contributed by atoms with E-state index in [0.717, 1.165) is 5.56 Å². The second kappa shape index (κ2) is 12.0. The van der Waals surface area contributed by atoms with Crippen molar-refractivity contribution in [2.24, 2.45) is 5.16 Å². The molecule has 0 atom stereocenters. The molecule has 3 aromatic rings. The highest BCUT2D eigenvalue weighted by atomic mass is 16.6. The molecule has 0 aliphatic heterocycles. The molecule has 3 aromatic carbocycles. The van der Waals surface area contributed by atoms with Crippen molar-refractivity contribution in [1.29, 1.82) is 0 Å². The Morgan fingerprint density at radius 1 is 0.848 bits per heavy atom. The number of oxime groups is 1. The number of rotatable bonds is 11. The van der Waals surface area contributed by atoms with Gasteiger partial charge in [0.15, 0.2) is 12.4 Å². The van der Waals surface area contributed by atoms with Gasteiger partial charge in [0.25, 0.3) is 0 Å². The number of hydrogen-bond acceptors (Lipinski definition) is 4. The maximum absolute atomic E-state index is 12.2. The number of carbonyl (C=O) groups is 1. The topological polar surface area (TPSA) is 47.9 Å². The van der Waals surface area contributed by atoms with Crippen LogP contribution in [0.25, 0.3) is 0 Å². The highest BCUT2D eigenvalue weighted by Gasteiger charge is 2.14. The molecule has 0 amide bonds. The maximum Gasteiger partial charge on any atom is 0.200 e. The Labute approximate surface area is 197 Å². The van der Waals surface area contributed by atoms with Crippen LogP contribution in [0.5, 0.6) is 5.75 Å². The molecule has 3 rings (SSSR count). The molecule has 33 heavy (non-hydrogen) atoms. The van der Waals surface area contributed by atoms with E-state index in [4.69, 9.17) is 9.57 Å². The van der Waals surface area contributed by atoms with Gasteiger partial charge >= 0.3 is 0 Å². The first kappa shape index (κ1) is 24.2. The molecule has 0 heterocycles. The minimum atomic E-state index is -0.0383. The molecule has 172 valence electrons. The van der Waals surface area contributed by atoms with E-state index in [0.29, 0.717) is 36.2 Å². The number of nitrogens with zero attached hydrogens (tertiary/aromatic N) is 1. The number of ketones is 1. The van der Waals surface area contributed by atoms with Gasteiger partial charge in [-0.15, -0.1) is 0 Å². The summed E-state index contributed by atoms with van der Waals surface area (Å²) in [4.78, 5) is 17.8. The molecule has 0 N–H and O–H groups in total. The largest absolute Gasteiger partial charge is 0.485 e. The fourth-order valence-corrected chi connectivity index (χ4v) is 3.75. The fourth-order valence-electron chi connectivity index (χ4n) is 3.75. The van der Waals surface area contributed by atoms with Crippen LogP contribution >= 0.6 is 0 Å². The first-order chi connectivity index (χ1) is 16.0. The summed E-state index contributed by atoms with van der Waals surface area (Å²) < 4.78 is 5.62. The van der Waals surface area contributed by atoms with Gasteiger partial charge < -0.3 is 9.57 Å². The van der Waals surface area contributed by atoms with Crippen LogP contribution in [0, 0.1) is 0 Å². The molecule has 0 saturated heterocycles. The van der Waals surface area contributed by atoms with Gasteiger partial charge in [-0.2, -0.15) is 0 Å². The number of ether oxygens (including phenoxy) is 1. The van der Waals surface area contributed by atoms with E-state index in [-0.39, 0.29) is 12.4 Å². The molecule has 0 saturated carbocycles. The van der Waals surface area contributed by atoms with Gasteiger partial charge in [0.05, 0.1) is 0 Å². The van der Waals surface area contributed by atoms with E-state index < -0.39 is 0 Å². The van der Waals surface area contributed by atoms with Crippen LogP contribution in [0.3, 0.4) is 0 Å². The Morgan fingerprint density at radius 2 is 1.48 bits per heavy atom. The van der Waals surface area contributed by atoms with Gasteiger partial charge in [-0.1, -0.05) is 93.5 Å². The van der Waals surface area contributed by atoms with E-state index in [9.17, 15) is 4.79 Å². The third kappa shape index (κ3) is 7.04. The third-order valence-electron chi connectivity index (χ3n) is 5.57. The summed E-state index contributed by atoms with van der Waals surface area (Å²) in [7, 11) is 0. The Kier molecular flexibility index (Phi) is 8.82. The lowest BCUT2D eigenvalue weighted by molar-refractivity contribution is 0.0921. The molecule has 0 unspecified atom stereocenters. The molecule has 0 radical (unpaired) electrons. The standard InChI is InChI=1S/C29H33NO3/c1-21(2)26-11-8-12-27(22(3)4)28(26)19-33-30-18-17-23-13-15-25(16-14-23)32-20-29(31)24-9-6-5-7-10-24/h5-16,18,21-22H,17,19-20H2,1-4H3. The van der Waals surface area contributed by atoms with Crippen molar-refractivity contribution in [3.05, 3.63) is 101 Å². The van der Waals surface area contributed by atoms with Gasteiger partial charge in [0.1, 0.15) is 12.4 Å². The zero-order valence-electron chi connectivity index (χ0n) is 20.0. The lowest BCUT2D eigenvalue weighted by atomic mass is 9.89. The van der Waals surface area contributed by atoms with Gasteiger partial charge in [0, 0.05) is 18.2 Å². The monoisotopic (exact) mass is 443 g/mol. The predicted octanol–water partition coefficient (Wildman–Crippen LogP) is 6.94. The number of Topliss-reactive ketones (excluding diaryl/α,β-unsaturated/α-hetero) is 1. The van der Waals surface area contributed by atoms with Crippen molar-refractivity contribution in [1.82, 2.24) is 0 Å². The van der Waals surface area contributed by atoms with Crippen LogP contribution in [-0.4, -0.2) is 18.6 Å². The normalized spacial score (nSPS) is 11.3. The van der Waals surface area contributed by atoms with Crippen LogP contribution in [0.1, 0.15) is 72.1 Å². The molecule has 0 spiro atoms. The zero-order valence-corrected chi connectivity index (χ0v) is 20.0. The van der Waals surface area contributed by atoms with Crippen molar-refractivity contribution in [3.8, 4) is 5.75 Å². The molecule has 0 aromatic heterocycles. The highest BCUT2D eigenvalue weighted by molar-refractivity contribution is 5.97. The molecule has 0 aliphatic rings. The fraction of sp³-hybridized carbons (Fsp3) is 0.310. The molecule has 0 bridgehead atoms. The Bertz CT molecular complexity index is 1030. The molecule has 4 nitrogen and oxygen atoms in total. The summed E-state index contributed by atoms with van der Waals surface area (Å²) in [6.07, 6.45) is 2.44. The van der Waals surface area contributed by atoms with Crippen molar-refractivity contribution < 1.29 is 14.4 Å². The van der Waals surface area contributed by atoms with Crippen LogP contribution in [0.4, 0.5) is 0 Å². The summed E-state index contributed by atoms with van der Waals surface area (Å²) in [6.45, 7) is 9.32. The van der Waals surface area contributed by atoms with Gasteiger partial charge in [0.2, 0.25) is 0 Å². The molecule has 0 aliphatic carbocycles. The first-order valence-corrected chi connectivity index (χ1v) is 11.5. The summed E-state index contributed by atoms with van der Waals surface area (Å²) >= 11 is 0. The van der Waals surface area contributed by atoms with Crippen LogP contribution in [0.15, 0.2) is 78.0 Å². The zero-order chi connectivity index (χ0) is 23.6. The molecular formula is C29H33NO3. The van der Waals surface area contributed by atoms with E-state index >= 15 is 0 Å². The van der Waals surface area contributed by atoms with Crippen molar-refractivity contribution in [2.75, 3.05) is 6.61 Å². The summed E-state index contributed by atoms with van der Waals surface area (Å²) in [6, 6.07) is 23.3. The van der Waals surface area contributed by atoms with E-state index in [1.807, 2.05) is 42.5 Å². The first-order valence-electron chi connectivity index (χ1n) is 11.5. The highest BCUT2D eigenvalue weighted by Crippen LogP contribution is 2.28. The summed E-state index contributed by atoms with van der Waals surface area (Å²) in [5.74, 6) is 1.51. The van der Waals surface area contributed by atoms with Crippen LogP contribution in [-0.2, 0) is 17.9 Å². The van der Waals surface area contributed by atoms with Crippen LogP contribution in [0.2, 0.25) is 0 Å². The predicted molar refractivity (Wildman–Crippen MR) is 134 cm³/mol. The molecular weight excluding hydrogens is 410 g/mol. The molecule has 0 fully saturated rings. The minimum Gasteiger partial charge on any atom is -0.485 e. The average molecular weight is 444 g/mol. The van der Waals surface area contributed by atoms with E-state index in [1.165, 1.54) is 16.7 Å². The quantitative estimate of drug-likeness (QED) is 0.183. The Balaban J connectivity index is 1.49. The van der Waals surface area contributed by atoms with Gasteiger partial charge in [-0.05, 0) is 46.2 Å². The molecule has 4 heteroatoms.